The van der Waals surface area contributed by atoms with Crippen molar-refractivity contribution in [1.82, 2.24) is 5.43 Å². The van der Waals surface area contributed by atoms with Gasteiger partial charge in [-0.3, -0.25) is 11.3 Å². The predicted octanol–water partition coefficient (Wildman–Crippen LogP) is 2.49. The van der Waals surface area contributed by atoms with E-state index < -0.39 is 0 Å². The number of hydrogen-bond acceptors (Lipinski definition) is 3. The lowest BCUT2D eigenvalue weighted by molar-refractivity contribution is 0.00711. The largest absolute Gasteiger partial charge is 0.379 e. The molecule has 0 aliphatic carbocycles. The quantitative estimate of drug-likeness (QED) is 0.602. The second-order valence-corrected chi connectivity index (χ2v) is 5.65. The van der Waals surface area contributed by atoms with Gasteiger partial charge < -0.3 is 4.74 Å². The van der Waals surface area contributed by atoms with Gasteiger partial charge in [-0.25, -0.2) is 0 Å². The Kier molecular flexibility index (Phi) is 5.32. The maximum Gasteiger partial charge on any atom is 0.0638 e. The minimum Gasteiger partial charge on any atom is -0.379 e. The van der Waals surface area contributed by atoms with Crippen LogP contribution in [0.5, 0.6) is 0 Å². The molecule has 3 N–H and O–H groups in total. The van der Waals surface area contributed by atoms with Gasteiger partial charge in [0.2, 0.25) is 0 Å². The summed E-state index contributed by atoms with van der Waals surface area (Å²) >= 11 is 0. The van der Waals surface area contributed by atoms with Crippen LogP contribution in [0.1, 0.15) is 37.0 Å². The number of hydrogen-bond donors (Lipinski definition) is 2. The Balaban J connectivity index is 2.71. The van der Waals surface area contributed by atoms with Crippen molar-refractivity contribution in [2.45, 2.75) is 52.2 Å². The molecule has 0 saturated heterocycles. The van der Waals surface area contributed by atoms with Crippen molar-refractivity contribution < 1.29 is 4.74 Å². The molecule has 0 amide bonds. The van der Waals surface area contributed by atoms with E-state index in [-0.39, 0.29) is 11.6 Å². The molecule has 0 bridgehead atoms. The highest BCUT2D eigenvalue weighted by atomic mass is 16.5. The zero-order valence-corrected chi connectivity index (χ0v) is 12.2. The summed E-state index contributed by atoms with van der Waals surface area (Å²) < 4.78 is 5.45. The first-order valence-electron chi connectivity index (χ1n) is 6.45. The third kappa shape index (κ3) is 4.41. The monoisotopic (exact) mass is 250 g/mol. The molecule has 0 aromatic heterocycles. The van der Waals surface area contributed by atoms with Gasteiger partial charge in [-0.15, -0.1) is 0 Å². The fraction of sp³-hybridized carbons (Fsp3) is 0.600. The van der Waals surface area contributed by atoms with Crippen molar-refractivity contribution in [2.24, 2.45) is 5.84 Å². The SMILES string of the molecule is COC(C)(C)CC(Cc1ccc(C)c(C)c1)NN. The second-order valence-electron chi connectivity index (χ2n) is 5.65. The molecule has 0 aliphatic rings. The van der Waals surface area contributed by atoms with Crippen molar-refractivity contribution in [3.63, 3.8) is 0 Å². The molecule has 1 rings (SSSR count). The first-order chi connectivity index (χ1) is 8.38. The zero-order chi connectivity index (χ0) is 13.8. The van der Waals surface area contributed by atoms with Gasteiger partial charge in [0, 0.05) is 13.2 Å². The zero-order valence-electron chi connectivity index (χ0n) is 12.2. The molecular formula is C15H26N2O. The fourth-order valence-corrected chi connectivity index (χ4v) is 2.08. The number of benzene rings is 1. The number of ether oxygens (including phenoxy) is 1. The average molecular weight is 250 g/mol. The van der Waals surface area contributed by atoms with E-state index in [0.29, 0.717) is 0 Å². The summed E-state index contributed by atoms with van der Waals surface area (Å²) in [5.41, 5.74) is 6.71. The lowest BCUT2D eigenvalue weighted by Gasteiger charge is -2.28. The van der Waals surface area contributed by atoms with E-state index in [0.717, 1.165) is 12.8 Å². The highest BCUT2D eigenvalue weighted by Gasteiger charge is 2.22. The van der Waals surface area contributed by atoms with E-state index in [1.54, 1.807) is 7.11 Å². The number of nitrogens with two attached hydrogens (primary N) is 1. The van der Waals surface area contributed by atoms with E-state index >= 15 is 0 Å². The molecule has 0 spiro atoms. The Morgan fingerprint density at radius 3 is 2.44 bits per heavy atom. The molecule has 0 fully saturated rings. The first-order valence-corrected chi connectivity index (χ1v) is 6.45. The van der Waals surface area contributed by atoms with Crippen LogP contribution in [0.2, 0.25) is 0 Å². The van der Waals surface area contributed by atoms with Gasteiger partial charge >= 0.3 is 0 Å². The Morgan fingerprint density at radius 2 is 1.94 bits per heavy atom. The maximum atomic E-state index is 5.64. The maximum absolute atomic E-state index is 5.64. The molecule has 0 aliphatic heterocycles. The third-order valence-electron chi connectivity index (χ3n) is 3.58. The topological polar surface area (TPSA) is 47.3 Å². The number of methoxy groups -OCH3 is 1. The molecule has 1 unspecified atom stereocenters. The minimum absolute atomic E-state index is 0.156. The summed E-state index contributed by atoms with van der Waals surface area (Å²) in [5.74, 6) is 5.64. The molecule has 1 aromatic rings. The number of nitrogens with one attached hydrogen (secondary N) is 1. The van der Waals surface area contributed by atoms with E-state index in [2.05, 4.69) is 51.3 Å². The third-order valence-corrected chi connectivity index (χ3v) is 3.58. The molecule has 0 heterocycles. The summed E-state index contributed by atoms with van der Waals surface area (Å²) in [6, 6.07) is 6.80. The fourth-order valence-electron chi connectivity index (χ4n) is 2.08. The molecule has 3 heteroatoms. The van der Waals surface area contributed by atoms with Crippen molar-refractivity contribution >= 4 is 0 Å². The Labute approximate surface area is 111 Å². The van der Waals surface area contributed by atoms with E-state index in [1.807, 2.05) is 0 Å². The molecule has 1 atom stereocenters. The van der Waals surface area contributed by atoms with Crippen LogP contribution in [0.25, 0.3) is 0 Å². The second kappa shape index (κ2) is 6.32. The molecule has 18 heavy (non-hydrogen) atoms. The number of hydrazine groups is 1. The van der Waals surface area contributed by atoms with Gasteiger partial charge in [0.25, 0.3) is 0 Å². The highest BCUT2D eigenvalue weighted by molar-refractivity contribution is 5.30. The van der Waals surface area contributed by atoms with E-state index in [4.69, 9.17) is 10.6 Å². The van der Waals surface area contributed by atoms with Crippen molar-refractivity contribution in [1.29, 1.82) is 0 Å². The van der Waals surface area contributed by atoms with Gasteiger partial charge in [-0.2, -0.15) is 0 Å². The Morgan fingerprint density at radius 1 is 1.28 bits per heavy atom. The minimum atomic E-state index is -0.156. The van der Waals surface area contributed by atoms with Crippen LogP contribution in [0.15, 0.2) is 18.2 Å². The highest BCUT2D eigenvalue weighted by Crippen LogP contribution is 2.19. The first kappa shape index (κ1) is 15.2. The van der Waals surface area contributed by atoms with Crippen molar-refractivity contribution in [2.75, 3.05) is 7.11 Å². The molecular weight excluding hydrogens is 224 g/mol. The van der Waals surface area contributed by atoms with Crippen LogP contribution in [0.4, 0.5) is 0 Å². The van der Waals surface area contributed by atoms with E-state index in [1.165, 1.54) is 16.7 Å². The van der Waals surface area contributed by atoms with Crippen LogP contribution < -0.4 is 11.3 Å². The molecule has 1 aromatic carbocycles. The van der Waals surface area contributed by atoms with Gasteiger partial charge in [0.05, 0.1) is 5.60 Å². The van der Waals surface area contributed by atoms with Gasteiger partial charge in [-0.1, -0.05) is 18.2 Å². The molecule has 102 valence electrons. The van der Waals surface area contributed by atoms with Gasteiger partial charge in [0.1, 0.15) is 0 Å². The lowest BCUT2D eigenvalue weighted by Crippen LogP contribution is -2.42. The normalized spacial score (nSPS) is 13.7. The summed E-state index contributed by atoms with van der Waals surface area (Å²) in [7, 11) is 1.74. The standard InChI is InChI=1S/C15H26N2O/c1-11-6-7-13(8-12(11)2)9-14(17-16)10-15(3,4)18-5/h6-8,14,17H,9-10,16H2,1-5H3. The van der Waals surface area contributed by atoms with Crippen molar-refractivity contribution in [3.8, 4) is 0 Å². The summed E-state index contributed by atoms with van der Waals surface area (Å²) in [6.45, 7) is 8.43. The Bertz CT molecular complexity index is 388. The van der Waals surface area contributed by atoms with Crippen LogP contribution in [-0.4, -0.2) is 18.8 Å². The number of rotatable bonds is 6. The van der Waals surface area contributed by atoms with Crippen LogP contribution in [0, 0.1) is 13.8 Å². The van der Waals surface area contributed by atoms with Gasteiger partial charge in [-0.05, 0) is 57.2 Å². The summed E-state index contributed by atoms with van der Waals surface area (Å²) in [4.78, 5) is 0. The summed E-state index contributed by atoms with van der Waals surface area (Å²) in [6.07, 6.45) is 1.80. The lowest BCUT2D eigenvalue weighted by atomic mass is 9.93. The molecule has 0 radical (unpaired) electrons. The summed E-state index contributed by atoms with van der Waals surface area (Å²) in [5, 5.41) is 0. The average Bonchev–Trinajstić information content (AvgIpc) is 2.33. The van der Waals surface area contributed by atoms with Crippen LogP contribution in [-0.2, 0) is 11.2 Å². The van der Waals surface area contributed by atoms with Gasteiger partial charge in [0.15, 0.2) is 0 Å². The molecule has 0 saturated carbocycles. The van der Waals surface area contributed by atoms with Crippen LogP contribution in [0.3, 0.4) is 0 Å². The Hall–Kier alpha value is -0.900. The van der Waals surface area contributed by atoms with E-state index in [9.17, 15) is 0 Å². The van der Waals surface area contributed by atoms with Crippen molar-refractivity contribution in [3.05, 3.63) is 34.9 Å². The number of aryl methyl sites for hydroxylation is 2. The smallest absolute Gasteiger partial charge is 0.0638 e. The molecule has 3 nitrogen and oxygen atoms in total. The predicted molar refractivity (Wildman–Crippen MR) is 76.4 cm³/mol. The van der Waals surface area contributed by atoms with Crippen LogP contribution >= 0.6 is 0 Å².